The Morgan fingerprint density at radius 3 is 1.78 bits per heavy atom. The summed E-state index contributed by atoms with van der Waals surface area (Å²) in [6, 6.07) is 0. The lowest BCUT2D eigenvalue weighted by molar-refractivity contribution is 0.130. The molecule has 1 unspecified atom stereocenters. The van der Waals surface area contributed by atoms with Crippen molar-refractivity contribution in [3.63, 3.8) is 0 Å². The quantitative estimate of drug-likeness (QED) is 0.509. The van der Waals surface area contributed by atoms with Gasteiger partial charge in [-0.15, -0.1) is 0 Å². The van der Waals surface area contributed by atoms with Crippen LogP contribution in [0.1, 0.15) is 27.2 Å². The number of aliphatic hydroxyl groups is 1. The van der Waals surface area contributed by atoms with E-state index in [2.05, 4.69) is 15.9 Å². The highest BCUT2D eigenvalue weighted by Crippen LogP contribution is 2.25. The lowest BCUT2D eigenvalue weighted by Crippen LogP contribution is -2.31. The van der Waals surface area contributed by atoms with Crippen LogP contribution in [0.4, 0.5) is 0 Å². The van der Waals surface area contributed by atoms with E-state index in [4.69, 9.17) is 0 Å². The maximum absolute atomic E-state index is 9.32. The monoisotopic (exact) mass is 192 g/mol. The Kier molecular flexibility index (Phi) is 2.77. The van der Waals surface area contributed by atoms with Gasteiger partial charge in [-0.3, -0.25) is 0 Å². The molecule has 0 saturated carbocycles. The minimum atomic E-state index is -0.562. The number of hydrogen-bond donors (Lipinski definition) is 1. The van der Waals surface area contributed by atoms with Gasteiger partial charge in [-0.25, -0.2) is 0 Å². The van der Waals surface area contributed by atoms with Gasteiger partial charge in [0.2, 0.25) is 0 Å². The van der Waals surface area contributed by atoms with Gasteiger partial charge >= 0.3 is 0 Å². The Bertz CT molecular complexity index is 78.2. The fourth-order valence-electron chi connectivity index (χ4n) is 1.03. The summed E-state index contributed by atoms with van der Waals surface area (Å²) in [5.41, 5.74) is -0.562. The van der Waals surface area contributed by atoms with E-state index in [1.807, 2.05) is 28.6 Å². The van der Waals surface area contributed by atoms with Gasteiger partial charge in [-0.05, 0) is 27.2 Å². The molecule has 0 heterocycles. The first-order valence-electron chi connectivity index (χ1n) is 3.12. The van der Waals surface area contributed by atoms with Crippen LogP contribution in [-0.4, -0.2) is 22.8 Å². The van der Waals surface area contributed by atoms with Crippen molar-refractivity contribution in [2.75, 3.05) is 0 Å². The number of halogens is 1. The van der Waals surface area contributed by atoms with Crippen molar-refractivity contribution in [1.29, 1.82) is 0 Å². The molecule has 0 spiro atoms. The predicted molar refractivity (Wildman–Crippen MR) is 46.8 cm³/mol. The Balaban J connectivity index is 3.75. The molecule has 0 aliphatic heterocycles. The molecule has 0 saturated heterocycles. The van der Waals surface area contributed by atoms with E-state index in [9.17, 15) is 5.11 Å². The summed E-state index contributed by atoms with van der Waals surface area (Å²) in [4.78, 5) is 0. The SMILES string of the molecule is BC(C)(O)CC(C)(C)Br. The third-order valence-corrected chi connectivity index (χ3v) is 1.13. The fraction of sp³-hybridized carbons (Fsp3) is 1.00. The van der Waals surface area contributed by atoms with Gasteiger partial charge in [0, 0.05) is 9.82 Å². The smallest absolute Gasteiger partial charge is 0.142 e. The topological polar surface area (TPSA) is 20.2 Å². The third-order valence-electron chi connectivity index (χ3n) is 0.853. The number of rotatable bonds is 2. The molecular weight excluding hydrogens is 179 g/mol. The molecular formula is C6H14BBrO. The zero-order chi connectivity index (χ0) is 7.71. The molecule has 0 bridgehead atoms. The first-order chi connectivity index (χ1) is 3.71. The zero-order valence-corrected chi connectivity index (χ0v) is 8.12. The predicted octanol–water partition coefficient (Wildman–Crippen LogP) is 0.892. The van der Waals surface area contributed by atoms with Crippen LogP contribution < -0.4 is 0 Å². The van der Waals surface area contributed by atoms with Crippen molar-refractivity contribution in [1.82, 2.24) is 0 Å². The van der Waals surface area contributed by atoms with E-state index in [1.165, 1.54) is 0 Å². The molecule has 3 heteroatoms. The maximum atomic E-state index is 9.32. The largest absolute Gasteiger partial charge is 0.399 e. The molecule has 0 aromatic heterocycles. The molecule has 0 aliphatic rings. The van der Waals surface area contributed by atoms with Crippen molar-refractivity contribution < 1.29 is 5.11 Å². The van der Waals surface area contributed by atoms with Crippen molar-refractivity contribution in [2.45, 2.75) is 37.0 Å². The van der Waals surface area contributed by atoms with E-state index < -0.39 is 5.50 Å². The molecule has 0 aliphatic carbocycles. The second kappa shape index (κ2) is 2.63. The van der Waals surface area contributed by atoms with E-state index >= 15 is 0 Å². The lowest BCUT2D eigenvalue weighted by Gasteiger charge is -2.25. The Morgan fingerprint density at radius 1 is 1.44 bits per heavy atom. The van der Waals surface area contributed by atoms with Gasteiger partial charge in [0.05, 0.1) is 0 Å². The zero-order valence-electron chi connectivity index (χ0n) is 6.53. The van der Waals surface area contributed by atoms with E-state index in [-0.39, 0.29) is 4.32 Å². The average Bonchev–Trinajstić information content (AvgIpc) is 1.14. The van der Waals surface area contributed by atoms with Gasteiger partial charge in [0.25, 0.3) is 0 Å². The Morgan fingerprint density at radius 2 is 1.78 bits per heavy atom. The van der Waals surface area contributed by atoms with Crippen LogP contribution in [0, 0.1) is 0 Å². The summed E-state index contributed by atoms with van der Waals surface area (Å²) in [6.45, 7) is 5.91. The number of alkyl halides is 1. The highest BCUT2D eigenvalue weighted by Gasteiger charge is 2.23. The average molecular weight is 193 g/mol. The van der Waals surface area contributed by atoms with E-state index in [0.29, 0.717) is 0 Å². The molecule has 0 amide bonds. The molecule has 0 aromatic carbocycles. The first-order valence-corrected chi connectivity index (χ1v) is 3.91. The standard InChI is InChI=1S/C6H14BBrO/c1-5(2,8)4-6(3,7)9/h9H,4,7H2,1-3H3. The van der Waals surface area contributed by atoms with Crippen LogP contribution in [0.25, 0.3) is 0 Å². The third kappa shape index (κ3) is 8.50. The van der Waals surface area contributed by atoms with Crippen molar-refractivity contribution >= 4 is 23.8 Å². The molecule has 0 rings (SSSR count). The van der Waals surface area contributed by atoms with Crippen molar-refractivity contribution in [3.8, 4) is 0 Å². The van der Waals surface area contributed by atoms with Gasteiger partial charge < -0.3 is 5.11 Å². The van der Waals surface area contributed by atoms with Crippen LogP contribution in [-0.2, 0) is 0 Å². The normalized spacial score (nSPS) is 19.2. The van der Waals surface area contributed by atoms with Gasteiger partial charge in [-0.2, -0.15) is 0 Å². The molecule has 1 nitrogen and oxygen atoms in total. The van der Waals surface area contributed by atoms with Crippen molar-refractivity contribution in [3.05, 3.63) is 0 Å². The highest BCUT2D eigenvalue weighted by molar-refractivity contribution is 9.10. The Labute approximate surface area is 66.4 Å². The van der Waals surface area contributed by atoms with Crippen LogP contribution in [0.3, 0.4) is 0 Å². The summed E-state index contributed by atoms with van der Waals surface area (Å²) >= 11 is 3.45. The van der Waals surface area contributed by atoms with Crippen LogP contribution >= 0.6 is 15.9 Å². The maximum Gasteiger partial charge on any atom is 0.142 e. The van der Waals surface area contributed by atoms with E-state index in [1.54, 1.807) is 0 Å². The molecule has 1 atom stereocenters. The Hall–Kier alpha value is 0.505. The molecule has 0 aromatic rings. The molecule has 1 N–H and O–H groups in total. The summed E-state index contributed by atoms with van der Waals surface area (Å²) in [7, 11) is 1.82. The molecule has 0 radical (unpaired) electrons. The van der Waals surface area contributed by atoms with Gasteiger partial charge in [0.1, 0.15) is 7.85 Å². The van der Waals surface area contributed by atoms with Crippen LogP contribution in [0.5, 0.6) is 0 Å². The first kappa shape index (κ1) is 9.50. The van der Waals surface area contributed by atoms with Gasteiger partial charge in [-0.1, -0.05) is 15.9 Å². The summed E-state index contributed by atoms with van der Waals surface area (Å²) in [5.74, 6) is 0. The minimum absolute atomic E-state index is 0.0469. The van der Waals surface area contributed by atoms with E-state index in [0.717, 1.165) is 6.42 Å². The summed E-state index contributed by atoms with van der Waals surface area (Å²) in [5, 5.41) is 9.32. The van der Waals surface area contributed by atoms with Crippen molar-refractivity contribution in [2.24, 2.45) is 0 Å². The van der Waals surface area contributed by atoms with Crippen LogP contribution in [0.15, 0.2) is 0 Å². The molecule has 9 heavy (non-hydrogen) atoms. The van der Waals surface area contributed by atoms with Crippen LogP contribution in [0.2, 0.25) is 0 Å². The number of hydrogen-bond acceptors (Lipinski definition) is 1. The summed E-state index contributed by atoms with van der Waals surface area (Å²) in [6.07, 6.45) is 0.764. The van der Waals surface area contributed by atoms with Gasteiger partial charge in [0.15, 0.2) is 0 Å². The second-order valence-corrected chi connectivity index (χ2v) is 5.85. The summed E-state index contributed by atoms with van der Waals surface area (Å²) < 4.78 is 0.0469. The fourth-order valence-corrected chi connectivity index (χ4v) is 1.71. The molecule has 0 fully saturated rings. The second-order valence-electron chi connectivity index (χ2n) is 3.71. The lowest BCUT2D eigenvalue weighted by atomic mass is 9.77. The minimum Gasteiger partial charge on any atom is -0.399 e. The highest BCUT2D eigenvalue weighted by atomic mass is 79.9. The molecule has 54 valence electrons.